The number of carbonyl (C=O) groups is 2. The lowest BCUT2D eigenvalue weighted by Gasteiger charge is -2.34. The number of hydrogen-bond acceptors (Lipinski definition) is 5. The van der Waals surface area contributed by atoms with Crippen LogP contribution in [0.2, 0.25) is 0 Å². The number of benzene rings is 3. The quantitative estimate of drug-likeness (QED) is 0.0956. The van der Waals surface area contributed by atoms with Gasteiger partial charge in [0.2, 0.25) is 0 Å². The van der Waals surface area contributed by atoms with Gasteiger partial charge in [0.15, 0.2) is 5.78 Å². The van der Waals surface area contributed by atoms with Crippen molar-refractivity contribution in [1.29, 1.82) is 0 Å². The maximum atomic E-state index is 13.4. The Bertz CT molecular complexity index is 1560. The lowest BCUT2D eigenvalue weighted by molar-refractivity contribution is -0.156. The minimum Gasteiger partial charge on any atom is -0.341 e. The predicted octanol–water partition coefficient (Wildman–Crippen LogP) is 7.13. The molecule has 39 heavy (non-hydrogen) atoms. The molecule has 0 unspecified atom stereocenters. The highest BCUT2D eigenvalue weighted by Gasteiger charge is 2.35. The van der Waals surface area contributed by atoms with Crippen LogP contribution in [0.15, 0.2) is 65.8 Å². The van der Waals surface area contributed by atoms with Crippen LogP contribution in [0.25, 0.3) is 21.8 Å². The zero-order valence-electron chi connectivity index (χ0n) is 24.2. The molecule has 6 heteroatoms. The van der Waals surface area contributed by atoms with E-state index in [0.717, 1.165) is 59.0 Å². The topological polar surface area (TPSA) is 63.9 Å². The number of nitrogens with zero attached hydrogens (tertiary/aromatic N) is 3. The third-order valence-electron chi connectivity index (χ3n) is 7.68. The third-order valence-corrected chi connectivity index (χ3v) is 7.68. The predicted molar refractivity (Wildman–Crippen MR) is 160 cm³/mol. The molecule has 6 nitrogen and oxygen atoms in total. The molecule has 0 atom stereocenters. The lowest BCUT2D eigenvalue weighted by Crippen LogP contribution is -2.50. The molecule has 0 aliphatic carbocycles. The Labute approximate surface area is 231 Å². The minimum atomic E-state index is -0.771. The van der Waals surface area contributed by atoms with Crippen LogP contribution in [0.3, 0.4) is 0 Å². The smallest absolute Gasteiger partial charge is 0.341 e. The Morgan fingerprint density at radius 2 is 1.54 bits per heavy atom. The van der Waals surface area contributed by atoms with Crippen LogP contribution in [0.4, 0.5) is 0 Å². The van der Waals surface area contributed by atoms with Gasteiger partial charge in [-0.2, -0.15) is 0 Å². The van der Waals surface area contributed by atoms with Gasteiger partial charge in [0, 0.05) is 39.5 Å². The Hall–Kier alpha value is -3.77. The van der Waals surface area contributed by atoms with Crippen LogP contribution < -0.4 is 0 Å². The molecule has 4 aromatic rings. The molecule has 0 saturated carbocycles. The van der Waals surface area contributed by atoms with Crippen molar-refractivity contribution >= 4 is 39.3 Å². The van der Waals surface area contributed by atoms with Crippen molar-refractivity contribution in [2.24, 2.45) is 5.16 Å². The number of oxime groups is 1. The summed E-state index contributed by atoms with van der Waals surface area (Å²) in [5.74, 6) is -0.361. The summed E-state index contributed by atoms with van der Waals surface area (Å²) in [4.78, 5) is 33.8. The first-order valence-electron chi connectivity index (χ1n) is 13.8. The van der Waals surface area contributed by atoms with Crippen molar-refractivity contribution < 1.29 is 14.4 Å². The van der Waals surface area contributed by atoms with E-state index in [0.29, 0.717) is 16.8 Å². The fraction of sp³-hybridized carbons (Fsp3) is 0.364. The van der Waals surface area contributed by atoms with Crippen LogP contribution in [0.5, 0.6) is 0 Å². The van der Waals surface area contributed by atoms with E-state index < -0.39 is 5.54 Å². The van der Waals surface area contributed by atoms with Gasteiger partial charge in [-0.25, -0.2) is 4.79 Å². The Morgan fingerprint density at radius 3 is 2.13 bits per heavy atom. The molecule has 1 aromatic heterocycles. The van der Waals surface area contributed by atoms with Gasteiger partial charge in [0.25, 0.3) is 0 Å². The van der Waals surface area contributed by atoms with Crippen molar-refractivity contribution in [2.45, 2.75) is 67.0 Å². The number of fused-ring (bicyclic) bond motifs is 3. The number of hydrogen-bond donors (Lipinski definition) is 0. The molecule has 0 saturated heterocycles. The second-order valence-corrected chi connectivity index (χ2v) is 10.5. The molecule has 0 aliphatic rings. The summed E-state index contributed by atoms with van der Waals surface area (Å²) in [7, 11) is 0. The highest BCUT2D eigenvalue weighted by molar-refractivity contribution is 6.16. The van der Waals surface area contributed by atoms with E-state index in [1.54, 1.807) is 0 Å². The molecular weight excluding hydrogens is 486 g/mol. The van der Waals surface area contributed by atoms with Gasteiger partial charge in [-0.15, -0.1) is 0 Å². The van der Waals surface area contributed by atoms with E-state index in [1.165, 1.54) is 0 Å². The van der Waals surface area contributed by atoms with Crippen LogP contribution >= 0.6 is 0 Å². The molecular formula is C33H39N3O3. The van der Waals surface area contributed by atoms with E-state index in [-0.39, 0.29) is 11.8 Å². The zero-order valence-corrected chi connectivity index (χ0v) is 24.2. The monoisotopic (exact) mass is 525 g/mol. The van der Waals surface area contributed by atoms with E-state index in [4.69, 9.17) is 4.84 Å². The minimum absolute atomic E-state index is 0.0139. The average molecular weight is 526 g/mol. The summed E-state index contributed by atoms with van der Waals surface area (Å²) in [6.07, 6.45) is 0.955. The average Bonchev–Trinajstić information content (AvgIpc) is 3.26. The highest BCUT2D eigenvalue weighted by Crippen LogP contribution is 2.32. The number of ketones is 1. The summed E-state index contributed by atoms with van der Waals surface area (Å²) < 4.78 is 2.25. The SMILES string of the molecule is CCCN(CC)C(C)(C)C(=O)O/N=C(\C)c1ccc2c(c1)c1cc(C(=O)c3ccccc3C)ccc1n2CC. The van der Waals surface area contributed by atoms with Crippen LogP contribution in [-0.2, 0) is 16.2 Å². The maximum Gasteiger partial charge on any atom is 0.354 e. The first-order valence-corrected chi connectivity index (χ1v) is 13.8. The van der Waals surface area contributed by atoms with Gasteiger partial charge in [-0.05, 0) is 95.6 Å². The normalized spacial score (nSPS) is 12.5. The van der Waals surface area contributed by atoms with Gasteiger partial charge < -0.3 is 9.40 Å². The van der Waals surface area contributed by atoms with Gasteiger partial charge in [-0.1, -0.05) is 49.3 Å². The van der Waals surface area contributed by atoms with Crippen molar-refractivity contribution in [3.63, 3.8) is 0 Å². The van der Waals surface area contributed by atoms with E-state index in [9.17, 15) is 9.59 Å². The molecule has 0 radical (unpaired) electrons. The van der Waals surface area contributed by atoms with Crippen LogP contribution in [0, 0.1) is 6.92 Å². The number of rotatable bonds is 10. The molecule has 0 fully saturated rings. The summed E-state index contributed by atoms with van der Waals surface area (Å²) in [5.41, 5.74) is 5.19. The molecule has 0 amide bonds. The van der Waals surface area contributed by atoms with Crippen LogP contribution in [-0.4, -0.2) is 45.6 Å². The summed E-state index contributed by atoms with van der Waals surface area (Å²) in [6.45, 7) is 16.2. The highest BCUT2D eigenvalue weighted by atomic mass is 16.7. The summed E-state index contributed by atoms with van der Waals surface area (Å²) in [5, 5.41) is 6.27. The maximum absolute atomic E-state index is 13.4. The number of aromatic nitrogens is 1. The van der Waals surface area contributed by atoms with Gasteiger partial charge in [0.1, 0.15) is 5.54 Å². The number of carbonyl (C=O) groups excluding carboxylic acids is 2. The van der Waals surface area contributed by atoms with Gasteiger partial charge in [-0.3, -0.25) is 9.69 Å². The second-order valence-electron chi connectivity index (χ2n) is 10.5. The molecule has 0 spiro atoms. The zero-order chi connectivity index (χ0) is 28.3. The molecule has 204 valence electrons. The van der Waals surface area contributed by atoms with E-state index in [1.807, 2.05) is 83.1 Å². The number of aryl methyl sites for hydroxylation is 2. The molecule has 3 aromatic carbocycles. The van der Waals surface area contributed by atoms with Crippen LogP contribution in [0.1, 0.15) is 75.0 Å². The van der Waals surface area contributed by atoms with E-state index in [2.05, 4.69) is 40.6 Å². The van der Waals surface area contributed by atoms with Gasteiger partial charge in [0.05, 0.1) is 5.71 Å². The van der Waals surface area contributed by atoms with Gasteiger partial charge >= 0.3 is 5.97 Å². The van der Waals surface area contributed by atoms with E-state index >= 15 is 0 Å². The Morgan fingerprint density at radius 1 is 0.923 bits per heavy atom. The first kappa shape index (κ1) is 28.2. The second kappa shape index (κ2) is 11.5. The third kappa shape index (κ3) is 5.39. The fourth-order valence-corrected chi connectivity index (χ4v) is 5.30. The van der Waals surface area contributed by atoms with Crippen molar-refractivity contribution in [3.8, 4) is 0 Å². The molecule has 4 rings (SSSR count). The largest absolute Gasteiger partial charge is 0.354 e. The lowest BCUT2D eigenvalue weighted by atomic mass is 9.97. The molecule has 0 bridgehead atoms. The first-order chi connectivity index (χ1) is 18.6. The molecule has 0 N–H and O–H groups in total. The molecule has 1 heterocycles. The van der Waals surface area contributed by atoms with Crippen molar-refractivity contribution in [3.05, 3.63) is 82.9 Å². The number of likely N-dealkylation sites (N-methyl/N-ethyl adjacent to an activating group) is 1. The summed E-state index contributed by atoms with van der Waals surface area (Å²) >= 11 is 0. The Kier molecular flexibility index (Phi) is 8.36. The fourth-order valence-electron chi connectivity index (χ4n) is 5.30. The Balaban J connectivity index is 1.71. The summed E-state index contributed by atoms with van der Waals surface area (Å²) in [6, 6.07) is 19.7. The van der Waals surface area contributed by atoms with Crippen molar-refractivity contribution in [2.75, 3.05) is 13.1 Å². The molecule has 0 aliphatic heterocycles. The van der Waals surface area contributed by atoms with Crippen molar-refractivity contribution in [1.82, 2.24) is 9.47 Å². The standard InChI is InChI=1S/C33H39N3O3/c1-8-19-35(9-2)33(6,7)32(38)39-34-23(5)24-15-17-29-27(20-24)28-21-25(16-18-30(28)36(29)10-3)31(37)26-14-12-11-13-22(26)4/h11-18,20-21H,8-10,19H2,1-7H3/b34-23+.